The molecule has 0 unspecified atom stereocenters. The SMILES string of the molecule is CN1CCN([C@H](CNC(=O)C(=O)NCc2ccccc2Cl)c2ccsc2)CC1. The van der Waals surface area contributed by atoms with Crippen molar-refractivity contribution in [3.8, 4) is 0 Å². The minimum Gasteiger partial charge on any atom is -0.346 e. The molecule has 2 N–H and O–H groups in total. The Hall–Kier alpha value is -1.93. The lowest BCUT2D eigenvalue weighted by molar-refractivity contribution is -0.139. The van der Waals surface area contributed by atoms with Crippen LogP contribution < -0.4 is 10.6 Å². The molecule has 1 aliphatic rings. The van der Waals surface area contributed by atoms with Crippen molar-refractivity contribution in [3.05, 3.63) is 57.2 Å². The van der Waals surface area contributed by atoms with Crippen molar-refractivity contribution in [1.29, 1.82) is 0 Å². The van der Waals surface area contributed by atoms with Gasteiger partial charge in [-0.3, -0.25) is 14.5 Å². The number of piperazine rings is 1. The highest BCUT2D eigenvalue weighted by Gasteiger charge is 2.25. The summed E-state index contributed by atoms with van der Waals surface area (Å²) in [6, 6.07) is 9.39. The van der Waals surface area contributed by atoms with Gasteiger partial charge >= 0.3 is 11.8 Å². The van der Waals surface area contributed by atoms with E-state index in [0.29, 0.717) is 11.6 Å². The predicted octanol–water partition coefficient (Wildman–Crippen LogP) is 2.12. The number of nitrogens with zero attached hydrogens (tertiary/aromatic N) is 2. The molecule has 0 aliphatic carbocycles. The topological polar surface area (TPSA) is 64.7 Å². The molecule has 3 rings (SSSR count). The molecule has 1 aliphatic heterocycles. The highest BCUT2D eigenvalue weighted by Crippen LogP contribution is 2.23. The van der Waals surface area contributed by atoms with Gasteiger partial charge in [-0.25, -0.2) is 0 Å². The molecule has 1 aromatic carbocycles. The van der Waals surface area contributed by atoms with Crippen LogP contribution in [-0.2, 0) is 16.1 Å². The Labute approximate surface area is 174 Å². The second-order valence-corrected chi connectivity index (χ2v) is 8.08. The summed E-state index contributed by atoms with van der Waals surface area (Å²) in [6.07, 6.45) is 0. The molecule has 2 heterocycles. The van der Waals surface area contributed by atoms with Crippen molar-refractivity contribution < 1.29 is 9.59 Å². The fraction of sp³-hybridized carbons (Fsp3) is 0.400. The second-order valence-electron chi connectivity index (χ2n) is 6.90. The van der Waals surface area contributed by atoms with E-state index in [0.717, 1.165) is 31.7 Å². The van der Waals surface area contributed by atoms with E-state index in [-0.39, 0.29) is 12.6 Å². The summed E-state index contributed by atoms with van der Waals surface area (Å²) in [7, 11) is 2.11. The first-order valence-corrected chi connectivity index (χ1v) is 10.6. The Balaban J connectivity index is 1.54. The second kappa shape index (κ2) is 10.0. The minimum atomic E-state index is -0.651. The summed E-state index contributed by atoms with van der Waals surface area (Å²) in [4.78, 5) is 29.1. The largest absolute Gasteiger partial charge is 0.346 e. The summed E-state index contributed by atoms with van der Waals surface area (Å²) in [6.45, 7) is 4.48. The Morgan fingerprint density at radius 1 is 1.11 bits per heavy atom. The van der Waals surface area contributed by atoms with Crippen LogP contribution in [0, 0.1) is 0 Å². The van der Waals surface area contributed by atoms with E-state index in [4.69, 9.17) is 11.6 Å². The fourth-order valence-corrected chi connectivity index (χ4v) is 4.13. The van der Waals surface area contributed by atoms with Crippen LogP contribution in [0.2, 0.25) is 5.02 Å². The molecule has 1 saturated heterocycles. The number of nitrogens with one attached hydrogen (secondary N) is 2. The summed E-state index contributed by atoms with van der Waals surface area (Å²) in [5, 5.41) is 10.1. The van der Waals surface area contributed by atoms with E-state index >= 15 is 0 Å². The van der Waals surface area contributed by atoms with Crippen molar-refractivity contribution in [2.45, 2.75) is 12.6 Å². The van der Waals surface area contributed by atoms with Gasteiger partial charge in [-0.05, 0) is 41.1 Å². The van der Waals surface area contributed by atoms with Crippen LogP contribution in [0.25, 0.3) is 0 Å². The highest BCUT2D eigenvalue weighted by atomic mass is 35.5. The Morgan fingerprint density at radius 2 is 1.82 bits per heavy atom. The molecule has 2 aromatic rings. The summed E-state index contributed by atoms with van der Waals surface area (Å²) in [5.74, 6) is -1.27. The Kier molecular flexibility index (Phi) is 7.44. The first kappa shape index (κ1) is 20.8. The van der Waals surface area contributed by atoms with Crippen LogP contribution >= 0.6 is 22.9 Å². The molecule has 8 heteroatoms. The van der Waals surface area contributed by atoms with E-state index in [9.17, 15) is 9.59 Å². The maximum Gasteiger partial charge on any atom is 0.309 e. The van der Waals surface area contributed by atoms with Gasteiger partial charge in [0.2, 0.25) is 0 Å². The van der Waals surface area contributed by atoms with Gasteiger partial charge in [0, 0.05) is 44.3 Å². The van der Waals surface area contributed by atoms with E-state index in [1.165, 1.54) is 5.56 Å². The number of amides is 2. The van der Waals surface area contributed by atoms with Crippen LogP contribution in [0.4, 0.5) is 0 Å². The molecule has 0 saturated carbocycles. The number of thiophene rings is 1. The summed E-state index contributed by atoms with van der Waals surface area (Å²) in [5.41, 5.74) is 1.95. The number of carbonyl (C=O) groups is 2. The van der Waals surface area contributed by atoms with Crippen LogP contribution in [-0.4, -0.2) is 61.4 Å². The number of hydrogen-bond donors (Lipinski definition) is 2. The molecule has 0 bridgehead atoms. The lowest BCUT2D eigenvalue weighted by Crippen LogP contribution is -2.49. The third kappa shape index (κ3) is 5.54. The van der Waals surface area contributed by atoms with Gasteiger partial charge in [0.25, 0.3) is 0 Å². The minimum absolute atomic E-state index is 0.0697. The first-order chi connectivity index (χ1) is 13.5. The van der Waals surface area contributed by atoms with E-state index in [1.54, 1.807) is 17.4 Å². The van der Waals surface area contributed by atoms with Gasteiger partial charge in [-0.1, -0.05) is 29.8 Å². The molecule has 2 amide bonds. The smallest absolute Gasteiger partial charge is 0.309 e. The van der Waals surface area contributed by atoms with Crippen LogP contribution in [0.1, 0.15) is 17.2 Å². The van der Waals surface area contributed by atoms with E-state index < -0.39 is 11.8 Å². The molecule has 1 atom stereocenters. The van der Waals surface area contributed by atoms with Crippen LogP contribution in [0.5, 0.6) is 0 Å². The number of likely N-dealkylation sites (N-methyl/N-ethyl adjacent to an activating group) is 1. The van der Waals surface area contributed by atoms with Crippen molar-refractivity contribution in [1.82, 2.24) is 20.4 Å². The molecular formula is C20H25ClN4O2S. The zero-order valence-corrected chi connectivity index (χ0v) is 17.4. The molecule has 150 valence electrons. The lowest BCUT2D eigenvalue weighted by Gasteiger charge is -2.37. The average Bonchev–Trinajstić information content (AvgIpc) is 3.23. The summed E-state index contributed by atoms with van der Waals surface area (Å²) < 4.78 is 0. The molecule has 6 nitrogen and oxygen atoms in total. The third-order valence-electron chi connectivity index (χ3n) is 4.97. The highest BCUT2D eigenvalue weighted by molar-refractivity contribution is 7.08. The zero-order valence-electron chi connectivity index (χ0n) is 15.9. The Bertz CT molecular complexity index is 791. The number of carbonyl (C=O) groups excluding carboxylic acids is 2. The van der Waals surface area contributed by atoms with Gasteiger partial charge in [0.15, 0.2) is 0 Å². The maximum atomic E-state index is 12.3. The molecule has 1 fully saturated rings. The van der Waals surface area contributed by atoms with Gasteiger partial charge in [-0.2, -0.15) is 11.3 Å². The number of hydrogen-bond acceptors (Lipinski definition) is 5. The molecule has 28 heavy (non-hydrogen) atoms. The molecule has 1 aromatic heterocycles. The Morgan fingerprint density at radius 3 is 2.50 bits per heavy atom. The summed E-state index contributed by atoms with van der Waals surface area (Å²) >= 11 is 7.72. The number of benzene rings is 1. The van der Waals surface area contributed by atoms with Crippen molar-refractivity contribution in [2.75, 3.05) is 39.8 Å². The molecule has 0 radical (unpaired) electrons. The van der Waals surface area contributed by atoms with E-state index in [2.05, 4.69) is 38.9 Å². The van der Waals surface area contributed by atoms with E-state index in [1.807, 2.05) is 23.6 Å². The zero-order chi connectivity index (χ0) is 19.9. The quantitative estimate of drug-likeness (QED) is 0.702. The van der Waals surface area contributed by atoms with Gasteiger partial charge in [0.1, 0.15) is 0 Å². The average molecular weight is 421 g/mol. The van der Waals surface area contributed by atoms with Gasteiger partial charge in [-0.15, -0.1) is 0 Å². The molecule has 0 spiro atoms. The fourth-order valence-electron chi connectivity index (χ4n) is 3.22. The van der Waals surface area contributed by atoms with Crippen molar-refractivity contribution >= 4 is 34.8 Å². The van der Waals surface area contributed by atoms with Crippen LogP contribution in [0.3, 0.4) is 0 Å². The number of rotatable bonds is 6. The molecular weight excluding hydrogens is 396 g/mol. The lowest BCUT2D eigenvalue weighted by atomic mass is 10.1. The van der Waals surface area contributed by atoms with Gasteiger partial charge in [0.05, 0.1) is 6.04 Å². The van der Waals surface area contributed by atoms with Gasteiger partial charge < -0.3 is 15.5 Å². The van der Waals surface area contributed by atoms with Crippen LogP contribution in [0.15, 0.2) is 41.1 Å². The number of halogens is 1. The van der Waals surface area contributed by atoms with Crippen molar-refractivity contribution in [3.63, 3.8) is 0 Å². The normalized spacial score (nSPS) is 16.5. The third-order valence-corrected chi connectivity index (χ3v) is 6.04. The van der Waals surface area contributed by atoms with Crippen molar-refractivity contribution in [2.24, 2.45) is 0 Å². The standard InChI is InChI=1S/C20H25ClN4O2S/c1-24-7-9-25(10-8-24)18(16-6-11-28-14-16)13-23-20(27)19(26)22-12-15-4-2-3-5-17(15)21/h2-6,11,14,18H,7-10,12-13H2,1H3,(H,22,26)(H,23,27)/t18-/m1/s1. The predicted molar refractivity (Wildman–Crippen MR) is 112 cm³/mol. The monoisotopic (exact) mass is 420 g/mol. The first-order valence-electron chi connectivity index (χ1n) is 9.28. The maximum absolute atomic E-state index is 12.3.